The van der Waals surface area contributed by atoms with Crippen molar-refractivity contribution in [1.82, 2.24) is 0 Å². The van der Waals surface area contributed by atoms with Crippen LogP contribution in [-0.2, 0) is 5.41 Å². The van der Waals surface area contributed by atoms with Crippen molar-refractivity contribution in [3.63, 3.8) is 0 Å². The van der Waals surface area contributed by atoms with Crippen LogP contribution < -0.4 is 9.64 Å². The summed E-state index contributed by atoms with van der Waals surface area (Å²) >= 11 is 1.78. The first kappa shape index (κ1) is 33.8. The lowest BCUT2D eigenvalue weighted by Crippen LogP contribution is -2.28. The Morgan fingerprint density at radius 2 is 1.03 bits per heavy atom. The van der Waals surface area contributed by atoms with Crippen LogP contribution in [-0.4, -0.2) is 0 Å². The second kappa shape index (κ2) is 13.4. The Hall–Kier alpha value is -7.27. The molecular weight excluding hydrogens is 739 g/mol. The molecule has 0 saturated carbocycles. The van der Waals surface area contributed by atoms with Crippen LogP contribution >= 0.6 is 11.8 Å². The number of rotatable bonds is 6. The number of nitrogens with zero attached hydrogens (tertiary/aromatic N) is 1. The zero-order valence-electron chi connectivity index (χ0n) is 31.9. The number of ether oxygens (including phenoxy) is 1. The molecule has 12 rings (SSSR count). The lowest BCUT2D eigenvalue weighted by Gasteiger charge is -2.34. The third kappa shape index (κ3) is 5.23. The van der Waals surface area contributed by atoms with Gasteiger partial charge in [0.25, 0.3) is 0 Å². The third-order valence-electron chi connectivity index (χ3n) is 12.0. The van der Waals surface area contributed by atoms with Crippen LogP contribution in [0.3, 0.4) is 0 Å². The van der Waals surface area contributed by atoms with Crippen molar-refractivity contribution in [3.8, 4) is 33.8 Å². The summed E-state index contributed by atoms with van der Waals surface area (Å²) in [7, 11) is 0. The van der Waals surface area contributed by atoms with Crippen LogP contribution in [0.15, 0.2) is 227 Å². The first-order chi connectivity index (χ1) is 29.2. The van der Waals surface area contributed by atoms with Gasteiger partial charge in [0, 0.05) is 39.5 Å². The van der Waals surface area contributed by atoms with Crippen molar-refractivity contribution in [3.05, 3.63) is 235 Å². The fourth-order valence-electron chi connectivity index (χ4n) is 9.42. The molecule has 1 atom stereocenters. The zero-order valence-corrected chi connectivity index (χ0v) is 32.7. The molecule has 2 aliphatic rings. The summed E-state index contributed by atoms with van der Waals surface area (Å²) in [5.74, 6) is 1.81. The molecule has 9 aromatic carbocycles. The molecule has 1 aliphatic carbocycles. The molecule has 0 N–H and O–H groups in total. The van der Waals surface area contributed by atoms with Crippen molar-refractivity contribution in [2.75, 3.05) is 4.90 Å². The molecule has 4 heteroatoms. The van der Waals surface area contributed by atoms with Crippen molar-refractivity contribution in [1.29, 1.82) is 0 Å². The van der Waals surface area contributed by atoms with Gasteiger partial charge in [-0.3, -0.25) is 0 Å². The van der Waals surface area contributed by atoms with Crippen LogP contribution in [0.2, 0.25) is 0 Å². The SMILES string of the molecule is c1ccc(-c2ccc(C3(c4ccc5c(c4)oc4cc(N(c6ccccc6)c6ccccc6)ccc45)c4ccccc4-c4c3ccc3c4Oc4ccccc4S3)cc2)cc1. The standard InChI is InChI=1S/C55H35NO2S/c1-4-14-36(15-5-1)37-24-26-38(27-25-37)55(46-21-11-10-20-45(46)53-47(55)32-33-52-54(53)58-48-22-12-13-23-51(48)59-52)39-28-30-43-44-31-29-42(35-50(44)57-49(43)34-39)56(40-16-6-2-7-17-40)41-18-8-3-9-19-41/h1-35H. The molecular formula is C55H35NO2S. The Morgan fingerprint density at radius 3 is 1.80 bits per heavy atom. The van der Waals surface area contributed by atoms with Gasteiger partial charge in [-0.05, 0) is 99.6 Å². The van der Waals surface area contributed by atoms with E-state index in [9.17, 15) is 0 Å². The Labute approximate surface area is 346 Å². The number of anilines is 3. The van der Waals surface area contributed by atoms with Crippen LogP contribution in [0.1, 0.15) is 22.3 Å². The van der Waals surface area contributed by atoms with E-state index in [1.165, 1.54) is 33.4 Å². The fourth-order valence-corrected chi connectivity index (χ4v) is 10.4. The number of furan rings is 1. The molecule has 10 aromatic rings. The van der Waals surface area contributed by atoms with Gasteiger partial charge in [-0.25, -0.2) is 0 Å². The number of para-hydroxylation sites is 3. The Bertz CT molecular complexity index is 3170. The van der Waals surface area contributed by atoms with E-state index in [1.54, 1.807) is 11.8 Å². The predicted octanol–water partition coefficient (Wildman–Crippen LogP) is 15.3. The highest BCUT2D eigenvalue weighted by molar-refractivity contribution is 7.99. The molecule has 3 nitrogen and oxygen atoms in total. The lowest BCUT2D eigenvalue weighted by atomic mass is 9.67. The Balaban J connectivity index is 1.07. The second-order valence-corrected chi connectivity index (χ2v) is 16.3. The van der Waals surface area contributed by atoms with Crippen LogP contribution in [0.5, 0.6) is 11.5 Å². The van der Waals surface area contributed by atoms with E-state index < -0.39 is 5.41 Å². The second-order valence-electron chi connectivity index (χ2n) is 15.2. The summed E-state index contributed by atoms with van der Waals surface area (Å²) in [5, 5.41) is 2.17. The van der Waals surface area contributed by atoms with Crippen LogP contribution in [0, 0.1) is 0 Å². The smallest absolute Gasteiger partial charge is 0.149 e. The highest BCUT2D eigenvalue weighted by Crippen LogP contribution is 2.62. The quantitative estimate of drug-likeness (QED) is 0.168. The summed E-state index contributed by atoms with van der Waals surface area (Å²) in [6, 6.07) is 76.0. The molecule has 278 valence electrons. The molecule has 0 bridgehead atoms. The minimum Gasteiger partial charge on any atom is -0.456 e. The topological polar surface area (TPSA) is 25.6 Å². The van der Waals surface area contributed by atoms with Crippen molar-refractivity contribution in [2.45, 2.75) is 15.2 Å². The van der Waals surface area contributed by atoms with Gasteiger partial charge in [0.1, 0.15) is 22.7 Å². The van der Waals surface area contributed by atoms with Crippen molar-refractivity contribution < 1.29 is 9.15 Å². The number of hydrogen-bond acceptors (Lipinski definition) is 4. The molecule has 0 radical (unpaired) electrons. The van der Waals surface area contributed by atoms with Gasteiger partial charge in [0.15, 0.2) is 0 Å². The van der Waals surface area contributed by atoms with Crippen molar-refractivity contribution in [2.24, 2.45) is 0 Å². The average molecular weight is 774 g/mol. The number of benzene rings is 9. The molecule has 2 heterocycles. The molecule has 0 amide bonds. The molecule has 1 aromatic heterocycles. The minimum absolute atomic E-state index is 0.656. The first-order valence-electron chi connectivity index (χ1n) is 20.0. The maximum absolute atomic E-state index is 6.92. The van der Waals surface area contributed by atoms with Gasteiger partial charge in [0.05, 0.1) is 15.2 Å². The summed E-state index contributed by atoms with van der Waals surface area (Å²) in [6.07, 6.45) is 0. The highest BCUT2D eigenvalue weighted by atomic mass is 32.2. The van der Waals surface area contributed by atoms with Gasteiger partial charge in [-0.1, -0.05) is 157 Å². The van der Waals surface area contributed by atoms with E-state index in [0.717, 1.165) is 71.4 Å². The minimum atomic E-state index is -0.656. The number of hydrogen-bond donors (Lipinski definition) is 0. The molecule has 1 unspecified atom stereocenters. The molecule has 0 spiro atoms. The fraction of sp³-hybridized carbons (Fsp3) is 0.0182. The third-order valence-corrected chi connectivity index (χ3v) is 13.1. The van der Waals surface area contributed by atoms with E-state index in [1.807, 2.05) is 6.07 Å². The van der Waals surface area contributed by atoms with Gasteiger partial charge in [-0.15, -0.1) is 0 Å². The molecule has 59 heavy (non-hydrogen) atoms. The Morgan fingerprint density at radius 1 is 0.424 bits per heavy atom. The van der Waals surface area contributed by atoms with E-state index in [4.69, 9.17) is 9.15 Å². The van der Waals surface area contributed by atoms with Gasteiger partial charge >= 0.3 is 0 Å². The number of fused-ring (bicyclic) bond motifs is 9. The normalized spacial score (nSPS) is 14.9. The van der Waals surface area contributed by atoms with E-state index >= 15 is 0 Å². The largest absolute Gasteiger partial charge is 0.456 e. The Kier molecular flexibility index (Phi) is 7.69. The summed E-state index contributed by atoms with van der Waals surface area (Å²) in [5.41, 5.74) is 13.7. The van der Waals surface area contributed by atoms with Crippen LogP contribution in [0.25, 0.3) is 44.2 Å². The van der Waals surface area contributed by atoms with Gasteiger partial charge in [-0.2, -0.15) is 0 Å². The van der Waals surface area contributed by atoms with Crippen LogP contribution in [0.4, 0.5) is 17.1 Å². The maximum Gasteiger partial charge on any atom is 0.149 e. The molecule has 0 saturated heterocycles. The zero-order chi connectivity index (χ0) is 38.9. The van der Waals surface area contributed by atoms with E-state index in [0.29, 0.717) is 0 Å². The first-order valence-corrected chi connectivity index (χ1v) is 20.8. The lowest BCUT2D eigenvalue weighted by molar-refractivity contribution is 0.456. The summed E-state index contributed by atoms with van der Waals surface area (Å²) < 4.78 is 13.8. The maximum atomic E-state index is 6.92. The average Bonchev–Trinajstić information content (AvgIpc) is 3.83. The summed E-state index contributed by atoms with van der Waals surface area (Å²) in [4.78, 5) is 4.53. The van der Waals surface area contributed by atoms with E-state index in [2.05, 4.69) is 211 Å². The highest BCUT2D eigenvalue weighted by Gasteiger charge is 2.48. The predicted molar refractivity (Wildman–Crippen MR) is 242 cm³/mol. The summed E-state index contributed by atoms with van der Waals surface area (Å²) in [6.45, 7) is 0. The van der Waals surface area contributed by atoms with E-state index in [-0.39, 0.29) is 0 Å². The van der Waals surface area contributed by atoms with Crippen molar-refractivity contribution >= 4 is 50.8 Å². The molecule has 1 aliphatic heterocycles. The molecule has 0 fully saturated rings. The van der Waals surface area contributed by atoms with Gasteiger partial charge in [0.2, 0.25) is 0 Å². The van der Waals surface area contributed by atoms with Gasteiger partial charge < -0.3 is 14.1 Å². The monoisotopic (exact) mass is 773 g/mol.